The van der Waals surface area contributed by atoms with Crippen LogP contribution in [0.5, 0.6) is 0 Å². The van der Waals surface area contributed by atoms with Crippen molar-refractivity contribution >= 4 is 23.2 Å². The largest absolute Gasteiger partial charge is 0.368 e. The monoisotopic (exact) mass is 374 g/mol. The molecule has 2 aromatic rings. The molecule has 0 spiro atoms. The minimum absolute atomic E-state index is 0.100. The first-order valence-corrected chi connectivity index (χ1v) is 9.86. The summed E-state index contributed by atoms with van der Waals surface area (Å²) in [5.41, 5.74) is 7.24. The van der Waals surface area contributed by atoms with Crippen molar-refractivity contribution in [3.8, 4) is 10.4 Å². The first-order chi connectivity index (χ1) is 12.3. The number of likely N-dealkylation sites (tertiary alicyclic amines) is 1. The number of hydrogen-bond acceptors (Lipinski definition) is 4. The van der Waals surface area contributed by atoms with Gasteiger partial charge in [-0.05, 0) is 37.7 Å². The molecule has 0 aliphatic carbocycles. The molecule has 0 saturated carbocycles. The molecule has 1 unspecified atom stereocenters. The van der Waals surface area contributed by atoms with Crippen molar-refractivity contribution in [3.05, 3.63) is 29.4 Å². The van der Waals surface area contributed by atoms with Crippen LogP contribution in [-0.2, 0) is 4.79 Å². The van der Waals surface area contributed by atoms with Crippen LogP contribution >= 0.6 is 11.3 Å². The van der Waals surface area contributed by atoms with E-state index in [1.54, 1.807) is 24.0 Å². The fourth-order valence-corrected chi connectivity index (χ4v) is 4.08. The number of primary amides is 1. The summed E-state index contributed by atoms with van der Waals surface area (Å²) < 4.78 is 1.55. The van der Waals surface area contributed by atoms with Crippen molar-refractivity contribution in [3.63, 3.8) is 0 Å². The Bertz CT molecular complexity index is 808. The SMILES string of the molecule is CC(C(N)=O)n1cc(-c2cc(C(=O)N3CCCC(C)(C)CC3)cs2)cn1. The van der Waals surface area contributed by atoms with Crippen LogP contribution in [0.25, 0.3) is 10.4 Å². The Labute approximate surface area is 158 Å². The summed E-state index contributed by atoms with van der Waals surface area (Å²) in [5, 5.41) is 6.12. The lowest BCUT2D eigenvalue weighted by atomic mass is 9.85. The molecule has 3 heterocycles. The molecule has 1 aliphatic heterocycles. The summed E-state index contributed by atoms with van der Waals surface area (Å²) in [4.78, 5) is 27.1. The first-order valence-electron chi connectivity index (χ1n) is 8.98. The average molecular weight is 375 g/mol. The number of aromatic nitrogens is 2. The number of carbonyl (C=O) groups excluding carboxylic acids is 2. The zero-order valence-corrected chi connectivity index (χ0v) is 16.4. The predicted molar refractivity (Wildman–Crippen MR) is 103 cm³/mol. The number of nitrogens with two attached hydrogens (primary N) is 1. The van der Waals surface area contributed by atoms with Gasteiger partial charge in [0.2, 0.25) is 5.91 Å². The van der Waals surface area contributed by atoms with Gasteiger partial charge in [-0.15, -0.1) is 11.3 Å². The van der Waals surface area contributed by atoms with Crippen LogP contribution < -0.4 is 5.73 Å². The van der Waals surface area contributed by atoms with Crippen molar-refractivity contribution in [2.75, 3.05) is 13.1 Å². The van der Waals surface area contributed by atoms with Crippen LogP contribution in [0, 0.1) is 5.41 Å². The van der Waals surface area contributed by atoms with Gasteiger partial charge in [0.05, 0.1) is 11.8 Å². The van der Waals surface area contributed by atoms with Gasteiger partial charge in [0.15, 0.2) is 0 Å². The van der Waals surface area contributed by atoms with Gasteiger partial charge < -0.3 is 10.6 Å². The predicted octanol–water partition coefficient (Wildman–Crippen LogP) is 3.31. The Hall–Kier alpha value is -2.15. The van der Waals surface area contributed by atoms with Gasteiger partial charge in [-0.3, -0.25) is 14.3 Å². The Morgan fingerprint density at radius 2 is 2.08 bits per heavy atom. The zero-order valence-electron chi connectivity index (χ0n) is 15.6. The maximum atomic E-state index is 12.9. The minimum atomic E-state index is -0.495. The lowest BCUT2D eigenvalue weighted by Crippen LogP contribution is -2.32. The summed E-state index contributed by atoms with van der Waals surface area (Å²) in [6, 6.07) is 1.42. The lowest BCUT2D eigenvalue weighted by Gasteiger charge is -2.23. The van der Waals surface area contributed by atoms with Crippen molar-refractivity contribution in [2.24, 2.45) is 11.1 Å². The van der Waals surface area contributed by atoms with E-state index in [1.807, 2.05) is 16.3 Å². The summed E-state index contributed by atoms with van der Waals surface area (Å²) in [7, 11) is 0. The van der Waals surface area contributed by atoms with E-state index in [9.17, 15) is 9.59 Å². The molecule has 2 aromatic heterocycles. The van der Waals surface area contributed by atoms with Crippen LogP contribution in [0.4, 0.5) is 0 Å². The first kappa shape index (κ1) is 18.6. The van der Waals surface area contributed by atoms with Crippen LogP contribution in [-0.4, -0.2) is 39.6 Å². The van der Waals surface area contributed by atoms with E-state index in [1.165, 1.54) is 11.3 Å². The highest BCUT2D eigenvalue weighted by molar-refractivity contribution is 7.13. The molecule has 2 N–H and O–H groups in total. The number of amides is 2. The van der Waals surface area contributed by atoms with Gasteiger partial charge in [0, 0.05) is 35.1 Å². The highest BCUT2D eigenvalue weighted by atomic mass is 32.1. The third-order valence-corrected chi connectivity index (χ3v) is 6.15. The van der Waals surface area contributed by atoms with E-state index in [0.717, 1.165) is 48.4 Å². The summed E-state index contributed by atoms with van der Waals surface area (Å²) in [5.74, 6) is -0.325. The molecule has 140 valence electrons. The molecule has 1 aliphatic rings. The standard InChI is InChI=1S/C19H26N4O2S/c1-13(17(20)24)23-11-15(10-21-23)16-9-14(12-26-16)18(25)22-7-4-5-19(2,3)6-8-22/h9-13H,4-8H2,1-3H3,(H2,20,24). The van der Waals surface area contributed by atoms with E-state index in [-0.39, 0.29) is 5.91 Å². The van der Waals surface area contributed by atoms with E-state index in [4.69, 9.17) is 5.73 Å². The average Bonchev–Trinajstić information content (AvgIpc) is 3.21. The summed E-state index contributed by atoms with van der Waals surface area (Å²) >= 11 is 1.52. The Morgan fingerprint density at radius 3 is 2.81 bits per heavy atom. The third-order valence-electron chi connectivity index (χ3n) is 5.17. The third kappa shape index (κ3) is 3.98. The molecule has 1 fully saturated rings. The molecular weight excluding hydrogens is 348 g/mol. The van der Waals surface area contributed by atoms with Crippen molar-refractivity contribution in [2.45, 2.75) is 46.1 Å². The Morgan fingerprint density at radius 1 is 1.31 bits per heavy atom. The molecule has 7 heteroatoms. The lowest BCUT2D eigenvalue weighted by molar-refractivity contribution is -0.120. The maximum absolute atomic E-state index is 12.9. The highest BCUT2D eigenvalue weighted by Crippen LogP contribution is 2.32. The van der Waals surface area contributed by atoms with Crippen LogP contribution in [0.1, 0.15) is 56.4 Å². The van der Waals surface area contributed by atoms with Gasteiger partial charge in [0.1, 0.15) is 6.04 Å². The summed E-state index contributed by atoms with van der Waals surface area (Å²) in [6.07, 6.45) is 6.74. The molecule has 2 amide bonds. The van der Waals surface area contributed by atoms with Gasteiger partial charge in [0.25, 0.3) is 5.91 Å². The number of hydrogen-bond donors (Lipinski definition) is 1. The topological polar surface area (TPSA) is 81.2 Å². The van der Waals surface area contributed by atoms with E-state index in [0.29, 0.717) is 5.41 Å². The Balaban J connectivity index is 1.73. The molecule has 1 atom stereocenters. The normalized spacial score (nSPS) is 18.3. The molecule has 0 radical (unpaired) electrons. The van der Waals surface area contributed by atoms with E-state index < -0.39 is 11.9 Å². The quantitative estimate of drug-likeness (QED) is 0.891. The number of nitrogens with zero attached hydrogens (tertiary/aromatic N) is 3. The second-order valence-electron chi connectivity index (χ2n) is 7.80. The van der Waals surface area contributed by atoms with Crippen LogP contribution in [0.15, 0.2) is 23.8 Å². The second kappa shape index (κ2) is 7.23. The minimum Gasteiger partial charge on any atom is -0.368 e. The molecule has 26 heavy (non-hydrogen) atoms. The van der Waals surface area contributed by atoms with Crippen molar-refractivity contribution < 1.29 is 9.59 Å². The molecule has 1 saturated heterocycles. The summed E-state index contributed by atoms with van der Waals surface area (Å²) in [6.45, 7) is 7.89. The van der Waals surface area contributed by atoms with E-state index in [2.05, 4.69) is 18.9 Å². The van der Waals surface area contributed by atoms with E-state index >= 15 is 0 Å². The van der Waals surface area contributed by atoms with Crippen LogP contribution in [0.3, 0.4) is 0 Å². The highest BCUT2D eigenvalue weighted by Gasteiger charge is 2.26. The van der Waals surface area contributed by atoms with Crippen molar-refractivity contribution in [1.29, 1.82) is 0 Å². The van der Waals surface area contributed by atoms with Crippen molar-refractivity contribution in [1.82, 2.24) is 14.7 Å². The number of thiophene rings is 1. The number of carbonyl (C=O) groups is 2. The molecule has 3 rings (SSSR count). The molecule has 0 aromatic carbocycles. The number of rotatable bonds is 4. The Kier molecular flexibility index (Phi) is 5.18. The van der Waals surface area contributed by atoms with Gasteiger partial charge in [-0.2, -0.15) is 5.10 Å². The second-order valence-corrected chi connectivity index (χ2v) is 8.71. The molecule has 6 nitrogen and oxygen atoms in total. The molecule has 0 bridgehead atoms. The van der Waals surface area contributed by atoms with Gasteiger partial charge in [-0.25, -0.2) is 0 Å². The fraction of sp³-hybridized carbons (Fsp3) is 0.526. The smallest absolute Gasteiger partial charge is 0.254 e. The van der Waals surface area contributed by atoms with Gasteiger partial charge >= 0.3 is 0 Å². The maximum Gasteiger partial charge on any atom is 0.254 e. The van der Waals surface area contributed by atoms with Gasteiger partial charge in [-0.1, -0.05) is 13.8 Å². The fourth-order valence-electron chi connectivity index (χ4n) is 3.22. The van der Waals surface area contributed by atoms with Crippen LogP contribution in [0.2, 0.25) is 0 Å². The molecular formula is C19H26N4O2S. The zero-order chi connectivity index (χ0) is 18.9.